The normalized spacial score (nSPS) is 48.0. The molecule has 0 amide bonds. The standard InChI is InChI=1S/C7H13ClO2/c1-5-7(2,8)3-6(4-9)10-5/h5-6,9H,3-4H2,1-2H3/t5-,6?,7-/m0/s1. The highest BCUT2D eigenvalue weighted by molar-refractivity contribution is 6.24. The third-order valence-electron chi connectivity index (χ3n) is 2.07. The van der Waals surface area contributed by atoms with Crippen LogP contribution in [0.3, 0.4) is 0 Å². The number of aliphatic hydroxyl groups is 1. The van der Waals surface area contributed by atoms with Crippen molar-refractivity contribution in [1.82, 2.24) is 0 Å². The molecule has 1 rings (SSSR count). The van der Waals surface area contributed by atoms with Gasteiger partial charge in [-0.25, -0.2) is 0 Å². The van der Waals surface area contributed by atoms with Crippen molar-refractivity contribution < 1.29 is 9.84 Å². The largest absolute Gasteiger partial charge is 0.394 e. The summed E-state index contributed by atoms with van der Waals surface area (Å²) >= 11 is 6.06. The van der Waals surface area contributed by atoms with Gasteiger partial charge in [0.1, 0.15) is 0 Å². The van der Waals surface area contributed by atoms with Crippen LogP contribution in [-0.4, -0.2) is 28.8 Å². The van der Waals surface area contributed by atoms with E-state index in [0.717, 1.165) is 6.42 Å². The summed E-state index contributed by atoms with van der Waals surface area (Å²) in [5.41, 5.74) is 0. The third-order valence-corrected chi connectivity index (χ3v) is 2.54. The summed E-state index contributed by atoms with van der Waals surface area (Å²) in [5.74, 6) is 0. The van der Waals surface area contributed by atoms with E-state index < -0.39 is 0 Å². The molecule has 0 spiro atoms. The van der Waals surface area contributed by atoms with E-state index in [4.69, 9.17) is 21.4 Å². The van der Waals surface area contributed by atoms with Crippen molar-refractivity contribution in [3.63, 3.8) is 0 Å². The Balaban J connectivity index is 2.53. The molecule has 60 valence electrons. The van der Waals surface area contributed by atoms with Crippen LogP contribution in [0.15, 0.2) is 0 Å². The van der Waals surface area contributed by atoms with Crippen LogP contribution < -0.4 is 0 Å². The number of rotatable bonds is 1. The van der Waals surface area contributed by atoms with Gasteiger partial charge in [0, 0.05) is 0 Å². The molecule has 1 N–H and O–H groups in total. The van der Waals surface area contributed by atoms with Crippen LogP contribution in [-0.2, 0) is 4.74 Å². The molecule has 1 aliphatic rings. The summed E-state index contributed by atoms with van der Waals surface area (Å²) in [6.45, 7) is 3.95. The predicted molar refractivity (Wildman–Crippen MR) is 40.3 cm³/mol. The molecule has 2 nitrogen and oxygen atoms in total. The van der Waals surface area contributed by atoms with Gasteiger partial charge in [-0.3, -0.25) is 0 Å². The first-order valence-electron chi connectivity index (χ1n) is 3.51. The highest BCUT2D eigenvalue weighted by Crippen LogP contribution is 2.35. The highest BCUT2D eigenvalue weighted by Gasteiger charge is 2.40. The first-order valence-corrected chi connectivity index (χ1v) is 3.89. The van der Waals surface area contributed by atoms with Gasteiger partial charge in [0.25, 0.3) is 0 Å². The summed E-state index contributed by atoms with van der Waals surface area (Å²) in [6.07, 6.45) is 0.732. The van der Waals surface area contributed by atoms with E-state index in [1.807, 2.05) is 13.8 Å². The molecule has 0 saturated carbocycles. The molecule has 1 fully saturated rings. The van der Waals surface area contributed by atoms with Crippen molar-refractivity contribution in [3.8, 4) is 0 Å². The zero-order chi connectivity index (χ0) is 7.78. The fraction of sp³-hybridized carbons (Fsp3) is 1.00. The Morgan fingerprint density at radius 2 is 2.40 bits per heavy atom. The first-order chi connectivity index (χ1) is 4.56. The Hall–Kier alpha value is 0.210. The van der Waals surface area contributed by atoms with E-state index >= 15 is 0 Å². The van der Waals surface area contributed by atoms with Crippen molar-refractivity contribution in [2.75, 3.05) is 6.61 Å². The Morgan fingerprint density at radius 3 is 2.60 bits per heavy atom. The van der Waals surface area contributed by atoms with Gasteiger partial charge in [-0.2, -0.15) is 0 Å². The molecule has 1 unspecified atom stereocenters. The van der Waals surface area contributed by atoms with Crippen LogP contribution in [0, 0.1) is 0 Å². The van der Waals surface area contributed by atoms with Crippen molar-refractivity contribution in [1.29, 1.82) is 0 Å². The number of hydrogen-bond donors (Lipinski definition) is 1. The van der Waals surface area contributed by atoms with Gasteiger partial charge in [-0.1, -0.05) is 0 Å². The van der Waals surface area contributed by atoms with Crippen molar-refractivity contribution >= 4 is 11.6 Å². The van der Waals surface area contributed by atoms with E-state index in [1.165, 1.54) is 0 Å². The molecular formula is C7H13ClO2. The lowest BCUT2D eigenvalue weighted by Gasteiger charge is -2.17. The minimum absolute atomic E-state index is 0.0475. The molecule has 0 radical (unpaired) electrons. The molecule has 1 aliphatic heterocycles. The van der Waals surface area contributed by atoms with Crippen LogP contribution in [0.5, 0.6) is 0 Å². The van der Waals surface area contributed by atoms with Crippen molar-refractivity contribution in [2.45, 2.75) is 37.4 Å². The zero-order valence-electron chi connectivity index (χ0n) is 6.30. The predicted octanol–water partition coefficient (Wildman–Crippen LogP) is 1.15. The van der Waals surface area contributed by atoms with E-state index in [2.05, 4.69) is 0 Å². The van der Waals surface area contributed by atoms with Gasteiger partial charge < -0.3 is 9.84 Å². The van der Waals surface area contributed by atoms with Crippen LogP contribution in [0.2, 0.25) is 0 Å². The topological polar surface area (TPSA) is 29.5 Å². The monoisotopic (exact) mass is 164 g/mol. The number of hydrogen-bond acceptors (Lipinski definition) is 2. The second-order valence-electron chi connectivity index (χ2n) is 3.07. The van der Waals surface area contributed by atoms with Crippen LogP contribution in [0.1, 0.15) is 20.3 Å². The van der Waals surface area contributed by atoms with Gasteiger partial charge in [0.15, 0.2) is 0 Å². The molecule has 3 heteroatoms. The molecule has 0 aromatic rings. The van der Waals surface area contributed by atoms with E-state index in [1.54, 1.807) is 0 Å². The SMILES string of the molecule is C[C@@H]1OC(CO)C[C@]1(C)Cl. The van der Waals surface area contributed by atoms with E-state index in [-0.39, 0.29) is 23.7 Å². The number of halogens is 1. The Kier molecular flexibility index (Phi) is 2.23. The van der Waals surface area contributed by atoms with E-state index in [0.29, 0.717) is 0 Å². The average molecular weight is 165 g/mol. The van der Waals surface area contributed by atoms with E-state index in [9.17, 15) is 0 Å². The quantitative estimate of drug-likeness (QED) is 0.590. The molecule has 10 heavy (non-hydrogen) atoms. The molecule has 0 bridgehead atoms. The Morgan fingerprint density at radius 1 is 1.80 bits per heavy atom. The first kappa shape index (κ1) is 8.31. The maximum absolute atomic E-state index is 8.73. The maximum Gasteiger partial charge on any atom is 0.0827 e. The minimum Gasteiger partial charge on any atom is -0.394 e. The third kappa shape index (κ3) is 1.44. The molecular weight excluding hydrogens is 152 g/mol. The molecule has 1 heterocycles. The van der Waals surface area contributed by atoms with Crippen LogP contribution in [0.4, 0.5) is 0 Å². The summed E-state index contributed by atoms with van der Waals surface area (Å²) in [7, 11) is 0. The molecule has 0 aromatic carbocycles. The number of ether oxygens (including phenoxy) is 1. The number of alkyl halides is 1. The van der Waals surface area contributed by atoms with Crippen molar-refractivity contribution in [3.05, 3.63) is 0 Å². The second kappa shape index (κ2) is 2.68. The average Bonchev–Trinajstić information content (AvgIpc) is 2.08. The summed E-state index contributed by atoms with van der Waals surface area (Å²) in [5, 5.41) is 8.73. The van der Waals surface area contributed by atoms with Crippen molar-refractivity contribution in [2.24, 2.45) is 0 Å². The van der Waals surface area contributed by atoms with Gasteiger partial charge in [-0.05, 0) is 20.3 Å². The molecule has 0 aliphatic carbocycles. The molecule has 1 saturated heterocycles. The lowest BCUT2D eigenvalue weighted by atomic mass is 10.0. The molecule has 0 aromatic heterocycles. The minimum atomic E-state index is -0.284. The maximum atomic E-state index is 8.73. The second-order valence-corrected chi connectivity index (χ2v) is 3.93. The summed E-state index contributed by atoms with van der Waals surface area (Å²) < 4.78 is 5.34. The van der Waals surface area contributed by atoms with Crippen LogP contribution in [0.25, 0.3) is 0 Å². The summed E-state index contributed by atoms with van der Waals surface area (Å²) in [6, 6.07) is 0. The van der Waals surface area contributed by atoms with Gasteiger partial charge in [0.05, 0.1) is 23.7 Å². The Bertz CT molecular complexity index is 125. The highest BCUT2D eigenvalue weighted by atomic mass is 35.5. The van der Waals surface area contributed by atoms with Gasteiger partial charge >= 0.3 is 0 Å². The molecule has 3 atom stereocenters. The fourth-order valence-corrected chi connectivity index (χ4v) is 1.42. The van der Waals surface area contributed by atoms with Gasteiger partial charge in [0.2, 0.25) is 0 Å². The van der Waals surface area contributed by atoms with Crippen LogP contribution >= 0.6 is 11.6 Å². The lowest BCUT2D eigenvalue weighted by molar-refractivity contribution is 0.0166. The lowest BCUT2D eigenvalue weighted by Crippen LogP contribution is -2.24. The fourth-order valence-electron chi connectivity index (χ4n) is 1.20. The summed E-state index contributed by atoms with van der Waals surface area (Å²) in [4.78, 5) is -0.284. The smallest absolute Gasteiger partial charge is 0.0827 e. The zero-order valence-corrected chi connectivity index (χ0v) is 7.06. The Labute approximate surface area is 66.1 Å². The number of aliphatic hydroxyl groups excluding tert-OH is 1. The van der Waals surface area contributed by atoms with Gasteiger partial charge in [-0.15, -0.1) is 11.6 Å².